The highest BCUT2D eigenvalue weighted by molar-refractivity contribution is 5.76. The molecule has 0 unspecified atom stereocenters. The van der Waals surface area contributed by atoms with Gasteiger partial charge in [0.2, 0.25) is 11.8 Å². The number of hydrogen-bond acceptors (Lipinski definition) is 4. The topological polar surface area (TPSA) is 101 Å². The van der Waals surface area contributed by atoms with E-state index in [2.05, 4.69) is 5.43 Å². The van der Waals surface area contributed by atoms with Gasteiger partial charge >= 0.3 is 0 Å². The van der Waals surface area contributed by atoms with Crippen LogP contribution < -0.4 is 17.0 Å². The second-order valence-electron chi connectivity index (χ2n) is 3.23. The van der Waals surface area contributed by atoms with Crippen molar-refractivity contribution in [3.8, 4) is 0 Å². The number of carbonyl (C=O) groups excluding carboxylic acids is 2. The molecule has 0 saturated heterocycles. The summed E-state index contributed by atoms with van der Waals surface area (Å²) in [5.41, 5.74) is 7.06. The van der Waals surface area contributed by atoms with Crippen LogP contribution in [0.15, 0.2) is 0 Å². The molecule has 0 fully saturated rings. The average Bonchev–Trinajstić information content (AvgIpc) is 2.10. The monoisotopic (exact) mass is 202 g/mol. The highest BCUT2D eigenvalue weighted by atomic mass is 16.2. The number of rotatable bonds is 7. The third kappa shape index (κ3) is 7.51. The van der Waals surface area contributed by atoms with Crippen molar-refractivity contribution in [2.45, 2.75) is 19.3 Å². The Hall–Kier alpha value is -1.14. The molecular weight excluding hydrogens is 184 g/mol. The predicted octanol–water partition coefficient (Wildman–Crippen LogP) is -1.44. The number of unbranched alkanes of at least 4 members (excludes halogenated alkanes) is 1. The van der Waals surface area contributed by atoms with Crippen molar-refractivity contribution in [2.75, 3.05) is 20.1 Å². The third-order valence-corrected chi connectivity index (χ3v) is 1.78. The first-order valence-electron chi connectivity index (χ1n) is 4.52. The van der Waals surface area contributed by atoms with Gasteiger partial charge in [0.05, 0.1) is 6.54 Å². The fraction of sp³-hybridized carbons (Fsp3) is 0.750. The number of nitrogens with one attached hydrogen (secondary N) is 1. The van der Waals surface area contributed by atoms with E-state index in [-0.39, 0.29) is 18.4 Å². The Labute approximate surface area is 83.6 Å². The second kappa shape index (κ2) is 7.28. The largest absolute Gasteiger partial charge is 0.369 e. The lowest BCUT2D eigenvalue weighted by atomic mass is 10.2. The van der Waals surface area contributed by atoms with E-state index in [0.29, 0.717) is 6.42 Å². The van der Waals surface area contributed by atoms with E-state index in [4.69, 9.17) is 11.6 Å². The summed E-state index contributed by atoms with van der Waals surface area (Å²) in [6, 6.07) is 0. The molecule has 14 heavy (non-hydrogen) atoms. The van der Waals surface area contributed by atoms with Crippen molar-refractivity contribution in [3.63, 3.8) is 0 Å². The van der Waals surface area contributed by atoms with Gasteiger partial charge in [-0.2, -0.15) is 0 Å². The number of likely N-dealkylation sites (N-methyl/N-ethyl adjacent to an activating group) is 1. The lowest BCUT2D eigenvalue weighted by molar-refractivity contribution is -0.121. The van der Waals surface area contributed by atoms with Gasteiger partial charge in [0.25, 0.3) is 0 Å². The van der Waals surface area contributed by atoms with E-state index < -0.39 is 0 Å². The Bertz CT molecular complexity index is 196. The number of amides is 2. The maximum Gasteiger partial charge on any atom is 0.233 e. The molecule has 0 rings (SSSR count). The smallest absolute Gasteiger partial charge is 0.233 e. The zero-order valence-corrected chi connectivity index (χ0v) is 8.45. The van der Waals surface area contributed by atoms with Crippen molar-refractivity contribution in [1.82, 2.24) is 10.3 Å². The molecule has 0 aliphatic carbocycles. The number of nitrogens with two attached hydrogens (primary N) is 2. The standard InChI is InChI=1S/C8H18N4O2/c1-12(6-7(9)13)5-3-2-4-8(14)11-10/h2-6,10H2,1H3,(H2,9,13)(H,11,14). The van der Waals surface area contributed by atoms with E-state index in [1.54, 1.807) is 0 Å². The first kappa shape index (κ1) is 12.9. The van der Waals surface area contributed by atoms with Gasteiger partial charge in [-0.25, -0.2) is 5.84 Å². The molecule has 2 amide bonds. The summed E-state index contributed by atoms with van der Waals surface area (Å²) >= 11 is 0. The molecule has 0 aromatic heterocycles. The molecule has 0 radical (unpaired) electrons. The maximum atomic E-state index is 10.7. The van der Waals surface area contributed by atoms with Crippen LogP contribution in [0.3, 0.4) is 0 Å². The van der Waals surface area contributed by atoms with Crippen LogP contribution in [0.4, 0.5) is 0 Å². The summed E-state index contributed by atoms with van der Waals surface area (Å²) in [7, 11) is 1.81. The first-order valence-corrected chi connectivity index (χ1v) is 4.52. The van der Waals surface area contributed by atoms with Gasteiger partial charge in [0.1, 0.15) is 0 Å². The van der Waals surface area contributed by atoms with Gasteiger partial charge in [-0.05, 0) is 26.4 Å². The Morgan fingerprint density at radius 1 is 1.36 bits per heavy atom. The molecule has 0 aliphatic heterocycles. The van der Waals surface area contributed by atoms with Crippen molar-refractivity contribution in [3.05, 3.63) is 0 Å². The number of primary amides is 1. The average molecular weight is 202 g/mol. The SMILES string of the molecule is CN(CCCCC(=O)NN)CC(N)=O. The molecule has 0 aliphatic rings. The van der Waals surface area contributed by atoms with Crippen LogP contribution in [0.2, 0.25) is 0 Å². The molecule has 0 heterocycles. The van der Waals surface area contributed by atoms with Gasteiger partial charge in [-0.3, -0.25) is 19.9 Å². The number of hydrazine groups is 1. The predicted molar refractivity (Wildman–Crippen MR) is 52.9 cm³/mol. The van der Waals surface area contributed by atoms with Gasteiger partial charge in [0.15, 0.2) is 0 Å². The summed E-state index contributed by atoms with van der Waals surface area (Å²) in [6.07, 6.45) is 2.02. The highest BCUT2D eigenvalue weighted by Crippen LogP contribution is 1.96. The summed E-state index contributed by atoms with van der Waals surface area (Å²) < 4.78 is 0. The molecule has 0 aromatic carbocycles. The van der Waals surface area contributed by atoms with E-state index in [1.807, 2.05) is 11.9 Å². The van der Waals surface area contributed by atoms with Crippen LogP contribution in [0.5, 0.6) is 0 Å². The maximum absolute atomic E-state index is 10.7. The zero-order chi connectivity index (χ0) is 11.0. The van der Waals surface area contributed by atoms with Crippen molar-refractivity contribution < 1.29 is 9.59 Å². The Kier molecular flexibility index (Phi) is 6.69. The fourth-order valence-corrected chi connectivity index (χ4v) is 1.08. The molecular formula is C8H18N4O2. The van der Waals surface area contributed by atoms with E-state index >= 15 is 0 Å². The van der Waals surface area contributed by atoms with Crippen LogP contribution in [0.1, 0.15) is 19.3 Å². The fourth-order valence-electron chi connectivity index (χ4n) is 1.08. The minimum atomic E-state index is -0.341. The summed E-state index contributed by atoms with van der Waals surface area (Å²) in [6.45, 7) is 1.00. The number of nitrogens with zero attached hydrogens (tertiary/aromatic N) is 1. The molecule has 6 heteroatoms. The molecule has 82 valence electrons. The van der Waals surface area contributed by atoms with Crippen LogP contribution in [0.25, 0.3) is 0 Å². The van der Waals surface area contributed by atoms with Crippen LogP contribution in [-0.2, 0) is 9.59 Å². The number of carbonyl (C=O) groups is 2. The first-order chi connectivity index (χ1) is 6.56. The van der Waals surface area contributed by atoms with Crippen molar-refractivity contribution in [1.29, 1.82) is 0 Å². The second-order valence-corrected chi connectivity index (χ2v) is 3.23. The Morgan fingerprint density at radius 3 is 2.50 bits per heavy atom. The summed E-state index contributed by atoms with van der Waals surface area (Å²) in [5.74, 6) is 4.40. The molecule has 0 saturated carbocycles. The van der Waals surface area contributed by atoms with E-state index in [1.165, 1.54) is 0 Å². The van der Waals surface area contributed by atoms with Gasteiger partial charge in [0, 0.05) is 6.42 Å². The normalized spacial score (nSPS) is 10.2. The summed E-state index contributed by atoms with van der Waals surface area (Å²) in [4.78, 5) is 23.0. The molecule has 6 nitrogen and oxygen atoms in total. The molecule has 0 bridgehead atoms. The number of hydrogen-bond donors (Lipinski definition) is 3. The van der Waals surface area contributed by atoms with Crippen LogP contribution in [-0.4, -0.2) is 36.9 Å². The highest BCUT2D eigenvalue weighted by Gasteiger charge is 2.02. The van der Waals surface area contributed by atoms with Crippen LogP contribution in [0, 0.1) is 0 Å². The zero-order valence-electron chi connectivity index (χ0n) is 8.45. The van der Waals surface area contributed by atoms with E-state index in [0.717, 1.165) is 19.4 Å². The molecule has 0 spiro atoms. The van der Waals surface area contributed by atoms with Crippen LogP contribution >= 0.6 is 0 Å². The minimum Gasteiger partial charge on any atom is -0.369 e. The van der Waals surface area contributed by atoms with Gasteiger partial charge in [-0.1, -0.05) is 0 Å². The molecule has 0 aromatic rings. The van der Waals surface area contributed by atoms with Gasteiger partial charge in [-0.15, -0.1) is 0 Å². The summed E-state index contributed by atoms with van der Waals surface area (Å²) in [5, 5.41) is 0. The quantitative estimate of drug-likeness (QED) is 0.204. The lowest BCUT2D eigenvalue weighted by Crippen LogP contribution is -2.32. The van der Waals surface area contributed by atoms with Crippen molar-refractivity contribution >= 4 is 11.8 Å². The van der Waals surface area contributed by atoms with E-state index in [9.17, 15) is 9.59 Å². The van der Waals surface area contributed by atoms with Crippen molar-refractivity contribution in [2.24, 2.45) is 11.6 Å². The Morgan fingerprint density at radius 2 is 2.00 bits per heavy atom. The molecule has 5 N–H and O–H groups in total. The molecule has 0 atom stereocenters. The minimum absolute atomic E-state index is 0.164. The Balaban J connectivity index is 3.35. The third-order valence-electron chi connectivity index (χ3n) is 1.78. The lowest BCUT2D eigenvalue weighted by Gasteiger charge is -2.13. The van der Waals surface area contributed by atoms with Gasteiger partial charge < -0.3 is 5.73 Å².